The quantitative estimate of drug-likeness (QED) is 0.375. The van der Waals surface area contributed by atoms with Crippen LogP contribution in [0.25, 0.3) is 0 Å². The average molecular weight is 415 g/mol. The van der Waals surface area contributed by atoms with Gasteiger partial charge in [-0.05, 0) is 82.5 Å². The van der Waals surface area contributed by atoms with E-state index in [-0.39, 0.29) is 0 Å². The molecule has 0 saturated heterocycles. The molecule has 6 nitrogen and oxygen atoms in total. The first-order valence-electron chi connectivity index (χ1n) is 9.70. The number of carbonyl (C=O) groups is 2. The summed E-state index contributed by atoms with van der Waals surface area (Å²) < 4.78 is 0. The van der Waals surface area contributed by atoms with Crippen molar-refractivity contribution in [1.29, 1.82) is 0 Å². The number of halogens is 1. The Kier molecular flexibility index (Phi) is 14.4. The number of hydrogen-bond donors (Lipinski definition) is 3. The lowest BCUT2D eigenvalue weighted by Gasteiger charge is -2.19. The van der Waals surface area contributed by atoms with Crippen LogP contribution in [-0.4, -0.2) is 60.8 Å². The van der Waals surface area contributed by atoms with Crippen molar-refractivity contribution >= 4 is 23.5 Å². The Labute approximate surface area is 173 Å². The van der Waals surface area contributed by atoms with Gasteiger partial charge in [0, 0.05) is 5.02 Å². The zero-order chi connectivity index (χ0) is 21.5. The summed E-state index contributed by atoms with van der Waals surface area (Å²) in [6.07, 6.45) is 4.97. The zero-order valence-corrected chi connectivity index (χ0v) is 18.2. The predicted molar refractivity (Wildman–Crippen MR) is 114 cm³/mol. The van der Waals surface area contributed by atoms with Crippen LogP contribution in [0.15, 0.2) is 24.3 Å². The van der Waals surface area contributed by atoms with E-state index in [0.29, 0.717) is 5.92 Å². The van der Waals surface area contributed by atoms with Gasteiger partial charge in [0.1, 0.15) is 0 Å². The molecule has 1 atom stereocenters. The van der Waals surface area contributed by atoms with Gasteiger partial charge in [-0.2, -0.15) is 0 Å². The lowest BCUT2D eigenvalue weighted by Crippen LogP contribution is -2.23. The van der Waals surface area contributed by atoms with Crippen molar-refractivity contribution in [1.82, 2.24) is 10.2 Å². The summed E-state index contributed by atoms with van der Waals surface area (Å²) in [4.78, 5) is 20.4. The Bertz CT molecular complexity index is 550. The van der Waals surface area contributed by atoms with E-state index in [1.54, 1.807) is 0 Å². The van der Waals surface area contributed by atoms with Gasteiger partial charge in [-0.15, -0.1) is 0 Å². The lowest BCUT2D eigenvalue weighted by atomic mass is 9.89. The van der Waals surface area contributed by atoms with Crippen LogP contribution in [0.5, 0.6) is 0 Å². The zero-order valence-electron chi connectivity index (χ0n) is 17.4. The van der Waals surface area contributed by atoms with Crippen LogP contribution in [0.4, 0.5) is 0 Å². The van der Waals surface area contributed by atoms with Crippen LogP contribution in [0, 0.1) is 5.92 Å². The Morgan fingerprint density at radius 1 is 1.00 bits per heavy atom. The van der Waals surface area contributed by atoms with E-state index in [1.165, 1.54) is 31.2 Å². The van der Waals surface area contributed by atoms with Gasteiger partial charge in [0.2, 0.25) is 0 Å². The first-order chi connectivity index (χ1) is 13.1. The van der Waals surface area contributed by atoms with Crippen LogP contribution < -0.4 is 5.32 Å². The van der Waals surface area contributed by atoms with Gasteiger partial charge in [-0.3, -0.25) is 0 Å². The van der Waals surface area contributed by atoms with E-state index >= 15 is 0 Å². The second-order valence-electron chi connectivity index (χ2n) is 7.53. The molecule has 0 aliphatic carbocycles. The molecule has 0 amide bonds. The fourth-order valence-electron chi connectivity index (χ4n) is 2.67. The predicted octanol–water partition coefficient (Wildman–Crippen LogP) is 3.95. The Morgan fingerprint density at radius 3 is 2.04 bits per heavy atom. The van der Waals surface area contributed by atoms with Gasteiger partial charge in [0.25, 0.3) is 0 Å². The molecule has 0 heterocycles. The second kappa shape index (κ2) is 15.3. The number of carboxylic acid groups (broad SMARTS) is 2. The first kappa shape index (κ1) is 26.4. The summed E-state index contributed by atoms with van der Waals surface area (Å²) in [5.41, 5.74) is 1.43. The number of benzene rings is 1. The molecule has 3 N–H and O–H groups in total. The molecule has 0 aliphatic rings. The van der Waals surface area contributed by atoms with E-state index in [0.717, 1.165) is 30.6 Å². The minimum Gasteiger partial charge on any atom is -0.473 e. The molecule has 7 heteroatoms. The van der Waals surface area contributed by atoms with Crippen LogP contribution in [0.1, 0.15) is 51.0 Å². The molecule has 1 rings (SSSR count). The highest BCUT2D eigenvalue weighted by molar-refractivity contribution is 6.30. The summed E-state index contributed by atoms with van der Waals surface area (Å²) in [5.74, 6) is -2.24. The highest BCUT2D eigenvalue weighted by Crippen LogP contribution is 2.27. The maximum absolute atomic E-state index is 9.10. The molecule has 0 bridgehead atoms. The monoisotopic (exact) mass is 414 g/mol. The molecular formula is C21H35ClN2O4. The fraction of sp³-hybridized carbons (Fsp3) is 0.619. The molecule has 0 fully saturated rings. The molecule has 1 unspecified atom stereocenters. The third-order valence-corrected chi connectivity index (χ3v) is 4.50. The van der Waals surface area contributed by atoms with Gasteiger partial charge in [-0.1, -0.05) is 44.0 Å². The van der Waals surface area contributed by atoms with E-state index in [2.05, 4.69) is 50.3 Å². The van der Waals surface area contributed by atoms with Crippen molar-refractivity contribution in [2.75, 3.05) is 33.7 Å². The molecule has 1 aromatic carbocycles. The van der Waals surface area contributed by atoms with Gasteiger partial charge >= 0.3 is 11.9 Å². The number of aliphatic carboxylic acids is 2. The third kappa shape index (κ3) is 14.4. The topological polar surface area (TPSA) is 89.9 Å². The summed E-state index contributed by atoms with van der Waals surface area (Å²) >= 11 is 6.01. The number of hydrogen-bond acceptors (Lipinski definition) is 4. The number of nitrogens with one attached hydrogen (secondary N) is 1. The lowest BCUT2D eigenvalue weighted by molar-refractivity contribution is -0.159. The average Bonchev–Trinajstić information content (AvgIpc) is 2.61. The van der Waals surface area contributed by atoms with Gasteiger partial charge in [-0.25, -0.2) is 9.59 Å². The highest BCUT2D eigenvalue weighted by Gasteiger charge is 2.12. The van der Waals surface area contributed by atoms with Crippen molar-refractivity contribution in [2.24, 2.45) is 5.92 Å². The van der Waals surface area contributed by atoms with E-state index in [9.17, 15) is 0 Å². The summed E-state index contributed by atoms with van der Waals surface area (Å²) in [6, 6.07) is 8.42. The minimum absolute atomic E-state index is 0.640. The SMILES string of the molecule is CC(C)CCC(CCNCCCN(C)C)c1ccc(Cl)cc1.O=C(O)C(=O)O. The minimum atomic E-state index is -1.82. The maximum Gasteiger partial charge on any atom is 0.414 e. The molecular weight excluding hydrogens is 380 g/mol. The molecule has 0 spiro atoms. The molecule has 0 saturated carbocycles. The van der Waals surface area contributed by atoms with Crippen molar-refractivity contribution in [3.63, 3.8) is 0 Å². The van der Waals surface area contributed by atoms with Gasteiger partial charge in [0.15, 0.2) is 0 Å². The number of carboxylic acids is 2. The Hall–Kier alpha value is -1.63. The van der Waals surface area contributed by atoms with Crippen molar-refractivity contribution in [2.45, 2.75) is 45.4 Å². The Morgan fingerprint density at radius 2 is 1.57 bits per heavy atom. The Balaban J connectivity index is 0.00000105. The normalized spacial score (nSPS) is 11.8. The van der Waals surface area contributed by atoms with E-state index in [1.807, 2.05) is 12.1 Å². The van der Waals surface area contributed by atoms with Crippen molar-refractivity contribution < 1.29 is 19.8 Å². The molecule has 0 aliphatic heterocycles. The van der Waals surface area contributed by atoms with Crippen LogP contribution >= 0.6 is 11.6 Å². The largest absolute Gasteiger partial charge is 0.473 e. The molecule has 1 aromatic rings. The van der Waals surface area contributed by atoms with Gasteiger partial charge < -0.3 is 20.4 Å². The smallest absolute Gasteiger partial charge is 0.414 e. The first-order valence-corrected chi connectivity index (χ1v) is 10.1. The summed E-state index contributed by atoms with van der Waals surface area (Å²) in [7, 11) is 4.25. The molecule has 28 heavy (non-hydrogen) atoms. The molecule has 0 radical (unpaired) electrons. The maximum atomic E-state index is 9.10. The fourth-order valence-corrected chi connectivity index (χ4v) is 2.79. The van der Waals surface area contributed by atoms with E-state index < -0.39 is 11.9 Å². The van der Waals surface area contributed by atoms with Crippen LogP contribution in [0.2, 0.25) is 5.02 Å². The second-order valence-corrected chi connectivity index (χ2v) is 7.96. The molecule has 160 valence electrons. The van der Waals surface area contributed by atoms with E-state index in [4.69, 9.17) is 31.4 Å². The van der Waals surface area contributed by atoms with Crippen LogP contribution in [0.3, 0.4) is 0 Å². The van der Waals surface area contributed by atoms with Crippen LogP contribution in [-0.2, 0) is 9.59 Å². The third-order valence-electron chi connectivity index (χ3n) is 4.25. The highest BCUT2D eigenvalue weighted by atomic mass is 35.5. The number of nitrogens with zero attached hydrogens (tertiary/aromatic N) is 1. The summed E-state index contributed by atoms with van der Waals surface area (Å²) in [6.45, 7) is 7.96. The standard InChI is InChI=1S/C19H33ClN2.C2H2O4/c1-16(2)6-7-18(17-8-10-19(20)11-9-17)12-14-21-13-5-15-22(3)4;3-1(4)2(5)6/h8-11,16,18,21H,5-7,12-15H2,1-4H3;(H,3,4)(H,5,6). The van der Waals surface area contributed by atoms with Crippen molar-refractivity contribution in [3.8, 4) is 0 Å². The summed E-state index contributed by atoms with van der Waals surface area (Å²) in [5, 5.41) is 19.2. The van der Waals surface area contributed by atoms with Crippen molar-refractivity contribution in [3.05, 3.63) is 34.9 Å². The number of rotatable bonds is 11. The molecule has 0 aromatic heterocycles. The van der Waals surface area contributed by atoms with Gasteiger partial charge in [0.05, 0.1) is 0 Å².